The quantitative estimate of drug-likeness (QED) is 0.0857. The van der Waals surface area contributed by atoms with Crippen molar-refractivity contribution in [2.45, 2.75) is 45.0 Å². The van der Waals surface area contributed by atoms with Gasteiger partial charge in [0, 0.05) is 29.2 Å². The Labute approximate surface area is 265 Å². The molecule has 12 heteroatoms. The molecule has 4 aromatic rings. The lowest BCUT2D eigenvalue weighted by Gasteiger charge is -2.29. The van der Waals surface area contributed by atoms with Crippen molar-refractivity contribution in [3.8, 4) is 33.8 Å². The van der Waals surface area contributed by atoms with E-state index < -0.39 is 58.6 Å². The second-order valence-electron chi connectivity index (χ2n) is 11.1. The summed E-state index contributed by atoms with van der Waals surface area (Å²) in [6, 6.07) is 9.72. The molecule has 1 aliphatic heterocycles. The van der Waals surface area contributed by atoms with Gasteiger partial charge in [-0.25, -0.2) is 26.3 Å². The molecule has 250 valence electrons. The van der Waals surface area contributed by atoms with Gasteiger partial charge in [-0.05, 0) is 60.0 Å². The van der Waals surface area contributed by atoms with Crippen molar-refractivity contribution in [3.05, 3.63) is 107 Å². The van der Waals surface area contributed by atoms with E-state index in [1.54, 1.807) is 0 Å². The Hall–Kier alpha value is -4.16. The molecular formula is C35H30F8O4. The third-order valence-electron chi connectivity index (χ3n) is 7.65. The molecule has 0 saturated carbocycles. The van der Waals surface area contributed by atoms with Crippen molar-refractivity contribution < 1.29 is 54.1 Å². The first-order chi connectivity index (χ1) is 22.4. The van der Waals surface area contributed by atoms with Crippen molar-refractivity contribution in [2.24, 2.45) is 5.92 Å². The fourth-order valence-corrected chi connectivity index (χ4v) is 5.14. The predicted octanol–water partition coefficient (Wildman–Crippen LogP) is 9.93. The van der Waals surface area contributed by atoms with Gasteiger partial charge in [0.05, 0.1) is 13.2 Å². The monoisotopic (exact) mass is 666 g/mol. The molecule has 0 atom stereocenters. The molecular weight excluding hydrogens is 636 g/mol. The van der Waals surface area contributed by atoms with E-state index >= 15 is 0 Å². The van der Waals surface area contributed by atoms with Crippen molar-refractivity contribution in [1.82, 2.24) is 0 Å². The van der Waals surface area contributed by atoms with Crippen LogP contribution in [-0.2, 0) is 15.6 Å². The molecule has 0 bridgehead atoms. The van der Waals surface area contributed by atoms with Gasteiger partial charge in [-0.1, -0.05) is 38.3 Å². The Kier molecular flexibility index (Phi) is 10.7. The van der Waals surface area contributed by atoms with Crippen LogP contribution in [0.2, 0.25) is 0 Å². The summed E-state index contributed by atoms with van der Waals surface area (Å²) in [5.74, 6) is -8.56. The van der Waals surface area contributed by atoms with Gasteiger partial charge < -0.3 is 18.9 Å². The largest absolute Gasteiger partial charge is 0.488 e. The Morgan fingerprint density at radius 1 is 0.681 bits per heavy atom. The van der Waals surface area contributed by atoms with Crippen LogP contribution in [0.25, 0.3) is 22.3 Å². The summed E-state index contributed by atoms with van der Waals surface area (Å²) < 4.78 is 136. The van der Waals surface area contributed by atoms with E-state index in [0.29, 0.717) is 31.4 Å². The first kappa shape index (κ1) is 34.2. The lowest BCUT2D eigenvalue weighted by molar-refractivity contribution is -0.212. The van der Waals surface area contributed by atoms with Gasteiger partial charge in [-0.15, -0.1) is 0 Å². The highest BCUT2D eigenvalue weighted by Gasteiger charge is 2.38. The zero-order chi connectivity index (χ0) is 33.7. The van der Waals surface area contributed by atoms with E-state index in [2.05, 4.69) is 11.7 Å². The maximum absolute atomic E-state index is 15.0. The summed E-state index contributed by atoms with van der Waals surface area (Å²) in [6.07, 6.45) is -0.573. The number of unbranched alkanes of at least 4 members (excludes halogenated alkanes) is 2. The predicted molar refractivity (Wildman–Crippen MR) is 157 cm³/mol. The summed E-state index contributed by atoms with van der Waals surface area (Å²) in [7, 11) is 0. The van der Waals surface area contributed by atoms with Gasteiger partial charge in [0.25, 0.3) is 0 Å². The lowest BCUT2D eigenvalue weighted by Crippen LogP contribution is -2.35. The third kappa shape index (κ3) is 8.23. The maximum atomic E-state index is 15.0. The molecule has 0 aromatic heterocycles. The number of hydrogen-bond acceptors (Lipinski definition) is 4. The highest BCUT2D eigenvalue weighted by Crippen LogP contribution is 2.37. The topological polar surface area (TPSA) is 36.9 Å². The van der Waals surface area contributed by atoms with Gasteiger partial charge in [-0.3, -0.25) is 0 Å². The summed E-state index contributed by atoms with van der Waals surface area (Å²) in [4.78, 5) is 0. The zero-order valence-corrected chi connectivity index (χ0v) is 25.1. The van der Waals surface area contributed by atoms with E-state index in [1.165, 1.54) is 6.07 Å². The molecule has 0 N–H and O–H groups in total. The Balaban J connectivity index is 1.21. The van der Waals surface area contributed by atoms with Crippen LogP contribution < -0.4 is 9.47 Å². The smallest absolute Gasteiger partial charge is 0.429 e. The molecule has 4 aromatic carbocycles. The van der Waals surface area contributed by atoms with Crippen molar-refractivity contribution in [2.75, 3.05) is 19.8 Å². The van der Waals surface area contributed by atoms with Gasteiger partial charge in [0.2, 0.25) is 0 Å². The number of alkyl halides is 2. The average molecular weight is 667 g/mol. The first-order valence-corrected chi connectivity index (χ1v) is 14.9. The van der Waals surface area contributed by atoms with Gasteiger partial charge >= 0.3 is 6.11 Å². The number of hydrogen-bond donors (Lipinski definition) is 0. The van der Waals surface area contributed by atoms with Crippen molar-refractivity contribution in [1.29, 1.82) is 0 Å². The fourth-order valence-electron chi connectivity index (χ4n) is 5.14. The second-order valence-corrected chi connectivity index (χ2v) is 11.1. The lowest BCUT2D eigenvalue weighted by atomic mass is 9.99. The first-order valence-electron chi connectivity index (χ1n) is 14.9. The van der Waals surface area contributed by atoms with Crippen molar-refractivity contribution >= 4 is 0 Å². The summed E-state index contributed by atoms with van der Waals surface area (Å²) in [5.41, 5.74) is -1.95. The molecule has 4 nitrogen and oxygen atoms in total. The van der Waals surface area contributed by atoms with Crippen LogP contribution in [0.1, 0.15) is 38.2 Å². The van der Waals surface area contributed by atoms with Crippen LogP contribution in [-0.4, -0.2) is 26.1 Å². The van der Waals surface area contributed by atoms with Gasteiger partial charge in [0.15, 0.2) is 23.7 Å². The number of ether oxygens (including phenoxy) is 4. The fraction of sp³-hybridized carbons (Fsp3) is 0.314. The van der Waals surface area contributed by atoms with E-state index in [-0.39, 0.29) is 40.5 Å². The highest BCUT2D eigenvalue weighted by atomic mass is 19.3. The molecule has 1 aliphatic rings. The molecule has 47 heavy (non-hydrogen) atoms. The Morgan fingerprint density at radius 3 is 1.91 bits per heavy atom. The normalized spacial score (nSPS) is 16.7. The minimum Gasteiger partial charge on any atom is -0.488 e. The molecule has 0 unspecified atom stereocenters. The molecule has 5 rings (SSSR count). The summed E-state index contributed by atoms with van der Waals surface area (Å²) in [6.45, 7) is 3.05. The average Bonchev–Trinajstić information content (AvgIpc) is 3.03. The molecule has 0 aliphatic carbocycles. The minimum atomic E-state index is -4.22. The summed E-state index contributed by atoms with van der Waals surface area (Å²) >= 11 is 0. The molecule has 1 fully saturated rings. The molecule has 0 amide bonds. The third-order valence-corrected chi connectivity index (χ3v) is 7.65. The number of rotatable bonds is 12. The summed E-state index contributed by atoms with van der Waals surface area (Å²) in [5, 5.41) is 0. The maximum Gasteiger partial charge on any atom is 0.429 e. The SMILES string of the molecule is CCCCCC1COC(COc2ccc(C(F)(F)Oc3ccc(-c4ccc(-c5cc(F)c(F)c(F)c5)c(F)c4)c(F)c3)c(F)c2)OC1. The van der Waals surface area contributed by atoms with Crippen LogP contribution in [0, 0.1) is 40.8 Å². The van der Waals surface area contributed by atoms with Gasteiger partial charge in [0.1, 0.15) is 41.1 Å². The van der Waals surface area contributed by atoms with Crippen LogP contribution in [0.3, 0.4) is 0 Å². The van der Waals surface area contributed by atoms with E-state index in [1.807, 2.05) is 0 Å². The zero-order valence-electron chi connectivity index (χ0n) is 25.1. The van der Waals surface area contributed by atoms with Crippen LogP contribution in [0.15, 0.2) is 66.7 Å². The van der Waals surface area contributed by atoms with E-state index in [9.17, 15) is 35.1 Å². The van der Waals surface area contributed by atoms with Crippen molar-refractivity contribution in [3.63, 3.8) is 0 Å². The van der Waals surface area contributed by atoms with Crippen LogP contribution in [0.5, 0.6) is 11.5 Å². The highest BCUT2D eigenvalue weighted by molar-refractivity contribution is 5.72. The minimum absolute atomic E-state index is 0.0392. The van der Waals surface area contributed by atoms with Crippen LogP contribution >= 0.6 is 0 Å². The number of benzene rings is 4. The molecule has 0 spiro atoms. The van der Waals surface area contributed by atoms with Gasteiger partial charge in [-0.2, -0.15) is 8.78 Å². The Bertz CT molecular complexity index is 1680. The molecule has 0 radical (unpaired) electrons. The van der Waals surface area contributed by atoms with E-state index in [0.717, 1.165) is 68.1 Å². The molecule has 1 saturated heterocycles. The number of halogens is 8. The van der Waals surface area contributed by atoms with E-state index in [4.69, 9.17) is 14.2 Å². The Morgan fingerprint density at radius 2 is 1.28 bits per heavy atom. The molecule has 1 heterocycles. The standard InChI is InChI=1S/C35H30F8O4/c1-2-3-4-5-20-17-45-33(46-18-20)19-44-23-8-11-27(30(38)15-23)35(42,43)47-24-7-10-25(29(37)16-24)21-6-9-26(28(36)12-21)22-13-31(39)34(41)32(40)14-22/h6-16,20,33H,2-5,17-19H2,1H3. The second kappa shape index (κ2) is 14.7. The van der Waals surface area contributed by atoms with Crippen LogP contribution in [0.4, 0.5) is 35.1 Å².